The molecule has 1 amide bonds. The molecule has 1 rings (SSSR count). The van der Waals surface area contributed by atoms with E-state index in [1.807, 2.05) is 24.6 Å². The lowest BCUT2D eigenvalue weighted by molar-refractivity contribution is -0.123. The highest BCUT2D eigenvalue weighted by Gasteiger charge is 2.18. The number of nitrogens with one attached hydrogen (secondary N) is 1. The summed E-state index contributed by atoms with van der Waals surface area (Å²) in [4.78, 5) is 11.9. The Hall–Kier alpha value is -1.25. The van der Waals surface area contributed by atoms with E-state index in [2.05, 4.69) is 33.0 Å². The van der Waals surface area contributed by atoms with Gasteiger partial charge in [-0.1, -0.05) is 6.92 Å². The topological polar surface area (TPSA) is 34.0 Å². The van der Waals surface area contributed by atoms with Crippen LogP contribution >= 0.6 is 0 Å². The van der Waals surface area contributed by atoms with Gasteiger partial charge in [-0.3, -0.25) is 4.79 Å². The third kappa shape index (κ3) is 3.35. The molecule has 96 valence electrons. The molecule has 0 bridgehead atoms. The van der Waals surface area contributed by atoms with Crippen LogP contribution in [-0.2, 0) is 11.3 Å². The molecule has 1 N–H and O–H groups in total. The molecular weight excluding hydrogens is 212 g/mol. The number of hydrogen-bond donors (Lipinski definition) is 1. The fraction of sp³-hybridized carbons (Fsp3) is 0.643. The zero-order valence-electron chi connectivity index (χ0n) is 11.8. The minimum absolute atomic E-state index is 0.0787. The molecule has 0 fully saturated rings. The summed E-state index contributed by atoms with van der Waals surface area (Å²) in [6.45, 7) is 12.8. The Morgan fingerprint density at radius 2 is 1.94 bits per heavy atom. The van der Waals surface area contributed by atoms with Crippen LogP contribution < -0.4 is 5.32 Å². The Morgan fingerprint density at radius 3 is 2.35 bits per heavy atom. The molecule has 0 radical (unpaired) electrons. The summed E-state index contributed by atoms with van der Waals surface area (Å²) in [6.07, 6.45) is 2.98. The summed E-state index contributed by atoms with van der Waals surface area (Å²) in [5.74, 6) is 0.0787. The molecule has 3 heteroatoms. The summed E-state index contributed by atoms with van der Waals surface area (Å²) in [5, 5.41) is 3.05. The van der Waals surface area contributed by atoms with Crippen LogP contribution in [0.5, 0.6) is 0 Å². The van der Waals surface area contributed by atoms with Crippen molar-refractivity contribution < 1.29 is 4.79 Å². The highest BCUT2D eigenvalue weighted by Crippen LogP contribution is 2.14. The van der Waals surface area contributed by atoms with Crippen molar-refractivity contribution in [3.8, 4) is 0 Å². The number of hydrogen-bond acceptors (Lipinski definition) is 1. The van der Waals surface area contributed by atoms with E-state index >= 15 is 0 Å². The number of rotatable bonds is 4. The molecule has 1 aromatic heterocycles. The van der Waals surface area contributed by atoms with Crippen molar-refractivity contribution in [3.05, 3.63) is 23.0 Å². The molecule has 17 heavy (non-hydrogen) atoms. The molecule has 0 atom stereocenters. The number of nitrogens with zero attached hydrogens (tertiary/aromatic N) is 1. The molecule has 0 spiro atoms. The Kier molecular flexibility index (Phi) is 4.02. The van der Waals surface area contributed by atoms with Crippen molar-refractivity contribution in [2.75, 3.05) is 0 Å². The maximum atomic E-state index is 11.9. The molecule has 3 nitrogen and oxygen atoms in total. The van der Waals surface area contributed by atoms with Crippen LogP contribution in [0.1, 0.15) is 44.0 Å². The molecule has 1 heterocycles. The molecule has 0 aromatic carbocycles. The number of aromatic nitrogens is 1. The average molecular weight is 236 g/mol. The first-order valence-electron chi connectivity index (χ1n) is 6.21. The van der Waals surface area contributed by atoms with Crippen molar-refractivity contribution in [2.45, 2.75) is 60.0 Å². The van der Waals surface area contributed by atoms with E-state index in [0.29, 0.717) is 6.54 Å². The minimum atomic E-state index is -0.123. The summed E-state index contributed by atoms with van der Waals surface area (Å²) >= 11 is 0. The van der Waals surface area contributed by atoms with Gasteiger partial charge in [-0.05, 0) is 52.2 Å². The zero-order valence-corrected chi connectivity index (χ0v) is 11.8. The predicted octanol–water partition coefficient (Wildman–Crippen LogP) is 2.72. The van der Waals surface area contributed by atoms with E-state index in [1.165, 1.54) is 16.8 Å². The third-order valence-corrected chi connectivity index (χ3v) is 3.59. The van der Waals surface area contributed by atoms with Gasteiger partial charge in [0.2, 0.25) is 5.91 Å². The van der Waals surface area contributed by atoms with Crippen molar-refractivity contribution in [1.29, 1.82) is 0 Å². The van der Waals surface area contributed by atoms with Gasteiger partial charge in [-0.25, -0.2) is 0 Å². The summed E-state index contributed by atoms with van der Waals surface area (Å²) in [7, 11) is 0. The summed E-state index contributed by atoms with van der Waals surface area (Å²) in [6, 6.07) is 0. The normalized spacial score (nSPS) is 11.6. The lowest BCUT2D eigenvalue weighted by Crippen LogP contribution is -2.44. The number of carbonyl (C=O) groups is 1. The summed E-state index contributed by atoms with van der Waals surface area (Å²) in [5.41, 5.74) is 3.56. The quantitative estimate of drug-likeness (QED) is 0.857. The van der Waals surface area contributed by atoms with Crippen LogP contribution in [0.4, 0.5) is 0 Å². The van der Waals surface area contributed by atoms with Crippen molar-refractivity contribution in [1.82, 2.24) is 9.88 Å². The minimum Gasteiger partial charge on any atom is -0.350 e. The van der Waals surface area contributed by atoms with Crippen molar-refractivity contribution in [2.24, 2.45) is 0 Å². The predicted molar refractivity (Wildman–Crippen MR) is 71.2 cm³/mol. The van der Waals surface area contributed by atoms with Crippen LogP contribution in [0.15, 0.2) is 6.20 Å². The first kappa shape index (κ1) is 13.8. The maximum Gasteiger partial charge on any atom is 0.240 e. The number of carbonyl (C=O) groups excluding carboxylic acids is 1. The second kappa shape index (κ2) is 4.94. The Bertz CT molecular complexity index is 416. The van der Waals surface area contributed by atoms with Gasteiger partial charge >= 0.3 is 0 Å². The molecule has 0 aliphatic heterocycles. The van der Waals surface area contributed by atoms with Gasteiger partial charge in [0.05, 0.1) is 0 Å². The lowest BCUT2D eigenvalue weighted by atomic mass is 10.0. The highest BCUT2D eigenvalue weighted by atomic mass is 16.2. The van der Waals surface area contributed by atoms with Crippen LogP contribution in [0, 0.1) is 20.8 Å². The molecular formula is C14H24N2O. The number of aryl methyl sites for hydroxylation is 1. The monoisotopic (exact) mass is 236 g/mol. The van der Waals surface area contributed by atoms with E-state index < -0.39 is 0 Å². The molecule has 1 aromatic rings. The van der Waals surface area contributed by atoms with Crippen molar-refractivity contribution >= 4 is 5.91 Å². The fourth-order valence-electron chi connectivity index (χ4n) is 1.75. The second-order valence-corrected chi connectivity index (χ2v) is 5.44. The van der Waals surface area contributed by atoms with E-state index in [0.717, 1.165) is 6.42 Å². The fourth-order valence-corrected chi connectivity index (χ4v) is 1.75. The smallest absolute Gasteiger partial charge is 0.240 e. The Labute approximate surface area is 104 Å². The molecule has 0 aliphatic carbocycles. The third-order valence-electron chi connectivity index (χ3n) is 3.59. The van der Waals surface area contributed by atoms with Crippen LogP contribution in [0.3, 0.4) is 0 Å². The summed E-state index contributed by atoms with van der Waals surface area (Å²) < 4.78 is 2.02. The van der Waals surface area contributed by atoms with Crippen LogP contribution in [0.2, 0.25) is 0 Å². The van der Waals surface area contributed by atoms with E-state index in [4.69, 9.17) is 0 Å². The number of amides is 1. The Balaban J connectivity index is 2.72. The van der Waals surface area contributed by atoms with E-state index in [-0.39, 0.29) is 11.4 Å². The first-order valence-corrected chi connectivity index (χ1v) is 6.21. The van der Waals surface area contributed by atoms with Gasteiger partial charge < -0.3 is 9.88 Å². The van der Waals surface area contributed by atoms with Crippen LogP contribution in [-0.4, -0.2) is 16.0 Å². The zero-order chi connectivity index (χ0) is 13.2. The molecule has 0 unspecified atom stereocenters. The SMILES string of the molecule is CCC(C)(C)NC(=O)Cn1cc(C)c(C)c1C. The van der Waals surface area contributed by atoms with Gasteiger partial charge in [0.15, 0.2) is 0 Å². The van der Waals surface area contributed by atoms with Gasteiger partial charge in [0, 0.05) is 17.4 Å². The van der Waals surface area contributed by atoms with Gasteiger partial charge in [0.25, 0.3) is 0 Å². The molecule has 0 saturated carbocycles. The van der Waals surface area contributed by atoms with Gasteiger partial charge in [0.1, 0.15) is 6.54 Å². The Morgan fingerprint density at radius 1 is 1.35 bits per heavy atom. The highest BCUT2D eigenvalue weighted by molar-refractivity contribution is 5.76. The van der Waals surface area contributed by atoms with Crippen LogP contribution in [0.25, 0.3) is 0 Å². The first-order chi connectivity index (χ1) is 7.76. The molecule has 0 saturated heterocycles. The van der Waals surface area contributed by atoms with Gasteiger partial charge in [-0.2, -0.15) is 0 Å². The molecule has 0 aliphatic rings. The maximum absolute atomic E-state index is 11.9. The standard InChI is InChI=1S/C14H24N2O/c1-7-14(5,6)15-13(17)9-16-8-10(2)11(3)12(16)4/h8H,7,9H2,1-6H3,(H,15,17). The van der Waals surface area contributed by atoms with E-state index in [1.54, 1.807) is 0 Å². The average Bonchev–Trinajstić information content (AvgIpc) is 2.45. The second-order valence-electron chi connectivity index (χ2n) is 5.44. The lowest BCUT2D eigenvalue weighted by Gasteiger charge is -2.24. The largest absolute Gasteiger partial charge is 0.350 e. The van der Waals surface area contributed by atoms with Crippen molar-refractivity contribution in [3.63, 3.8) is 0 Å². The van der Waals surface area contributed by atoms with Gasteiger partial charge in [-0.15, -0.1) is 0 Å². The van der Waals surface area contributed by atoms with E-state index in [9.17, 15) is 4.79 Å².